The van der Waals surface area contributed by atoms with Crippen LogP contribution in [0.4, 0.5) is 0 Å². The molecular formula is C6H24N3O15P3. The molecule has 1 aliphatic carbocycles. The Hall–Kier alpha value is 0.0900. The molecule has 1 saturated carbocycles. The fourth-order valence-corrected chi connectivity index (χ4v) is 3.66. The molecular weight excluding hydrogens is 447 g/mol. The van der Waals surface area contributed by atoms with Crippen molar-refractivity contribution >= 4 is 23.5 Å². The fraction of sp³-hybridized carbons (Fsp3) is 1.00. The second kappa shape index (κ2) is 10.7. The Balaban J connectivity index is -0.00000192. The summed E-state index contributed by atoms with van der Waals surface area (Å²) < 4.78 is 43.9. The summed E-state index contributed by atoms with van der Waals surface area (Å²) in [4.78, 5) is 58.0. The molecule has 0 heterocycles. The predicted molar refractivity (Wildman–Crippen MR) is 80.1 cm³/mol. The SMILES string of the molecule is O=P([O-])(O)OC1C(O)C(O)[C@H](OP(=O)([O-])O)C(O)[C@@H]1OP(=O)([O-])O.[NH4+].[NH4+].[NH4+]. The molecule has 7 unspecified atom stereocenters. The average molecular weight is 471 g/mol. The fourth-order valence-electron chi connectivity index (χ4n) is 2.00. The number of phosphoric acid groups is 3. The van der Waals surface area contributed by atoms with Gasteiger partial charge < -0.3 is 76.7 Å². The maximum Gasteiger partial charge on any atom is 0.265 e. The summed E-state index contributed by atoms with van der Waals surface area (Å²) in [5.41, 5.74) is 0. The van der Waals surface area contributed by atoms with Gasteiger partial charge in [-0.3, -0.25) is 13.7 Å². The van der Waals surface area contributed by atoms with E-state index < -0.39 is 60.1 Å². The third-order valence-corrected chi connectivity index (χ3v) is 4.31. The van der Waals surface area contributed by atoms with Crippen LogP contribution in [0.2, 0.25) is 0 Å². The van der Waals surface area contributed by atoms with Crippen LogP contribution in [-0.4, -0.2) is 66.6 Å². The van der Waals surface area contributed by atoms with Gasteiger partial charge in [0.25, 0.3) is 23.5 Å². The van der Waals surface area contributed by atoms with Gasteiger partial charge in [0.05, 0.1) is 0 Å². The molecule has 0 aromatic carbocycles. The first-order chi connectivity index (χ1) is 10.5. The van der Waals surface area contributed by atoms with E-state index in [4.69, 9.17) is 14.7 Å². The van der Waals surface area contributed by atoms with E-state index in [-0.39, 0.29) is 18.5 Å². The van der Waals surface area contributed by atoms with Gasteiger partial charge >= 0.3 is 0 Å². The van der Waals surface area contributed by atoms with Crippen molar-refractivity contribution in [2.75, 3.05) is 0 Å². The number of rotatable bonds is 6. The monoisotopic (exact) mass is 471 g/mol. The van der Waals surface area contributed by atoms with Crippen LogP contribution in [0, 0.1) is 0 Å². The molecule has 9 atom stereocenters. The third-order valence-electron chi connectivity index (χ3n) is 2.78. The Morgan fingerprint density at radius 2 is 0.778 bits per heavy atom. The van der Waals surface area contributed by atoms with Crippen LogP contribution in [0.3, 0.4) is 0 Å². The van der Waals surface area contributed by atoms with Crippen LogP contribution >= 0.6 is 23.5 Å². The minimum absolute atomic E-state index is 0. The number of aliphatic hydroxyl groups is 3. The van der Waals surface area contributed by atoms with Crippen molar-refractivity contribution in [1.29, 1.82) is 0 Å². The highest BCUT2D eigenvalue weighted by atomic mass is 31.2. The summed E-state index contributed by atoms with van der Waals surface area (Å²) in [6.07, 6.45) is -15.0. The molecule has 0 aromatic heterocycles. The lowest BCUT2D eigenvalue weighted by molar-refractivity contribution is -0.278. The first kappa shape index (κ1) is 31.8. The Bertz CT molecular complexity index is 587. The second-order valence-electron chi connectivity index (χ2n) is 4.59. The maximum atomic E-state index is 10.8. The normalized spacial score (nSPS) is 37.2. The zero-order valence-electron chi connectivity index (χ0n) is 14.2. The van der Waals surface area contributed by atoms with Crippen molar-refractivity contribution < 1.29 is 71.9 Å². The lowest BCUT2D eigenvalue weighted by Crippen LogP contribution is -2.65. The molecule has 0 amide bonds. The van der Waals surface area contributed by atoms with Crippen molar-refractivity contribution in [2.45, 2.75) is 36.6 Å². The molecule has 18 N–H and O–H groups in total. The number of hydrogen-bond donors (Lipinski definition) is 9. The van der Waals surface area contributed by atoms with Gasteiger partial charge in [-0.05, 0) is 0 Å². The summed E-state index contributed by atoms with van der Waals surface area (Å²) in [6.45, 7) is 0. The quantitative estimate of drug-likeness (QED) is 0.165. The molecule has 0 spiro atoms. The molecule has 0 aliphatic heterocycles. The topological polar surface area (TPSA) is 379 Å². The molecule has 0 radical (unpaired) electrons. The van der Waals surface area contributed by atoms with Crippen LogP contribution in [0.5, 0.6) is 0 Å². The van der Waals surface area contributed by atoms with E-state index in [1.165, 1.54) is 0 Å². The first-order valence-corrected chi connectivity index (χ1v) is 10.2. The summed E-state index contributed by atoms with van der Waals surface area (Å²) in [7, 11) is -17.0. The number of hydrogen-bond acceptors (Lipinski definition) is 12. The highest BCUT2D eigenvalue weighted by molar-refractivity contribution is 7.45. The first-order valence-electron chi connectivity index (χ1n) is 5.72. The summed E-state index contributed by atoms with van der Waals surface area (Å²) >= 11 is 0. The van der Waals surface area contributed by atoms with Gasteiger partial charge in [0.15, 0.2) is 0 Å². The predicted octanol–water partition coefficient (Wildman–Crippen LogP) is -4.25. The van der Waals surface area contributed by atoms with E-state index in [1.807, 2.05) is 0 Å². The summed E-state index contributed by atoms with van der Waals surface area (Å²) in [6, 6.07) is 0. The van der Waals surface area contributed by atoms with Crippen molar-refractivity contribution in [3.8, 4) is 0 Å². The van der Waals surface area contributed by atoms with Crippen LogP contribution in [0.15, 0.2) is 0 Å². The van der Waals surface area contributed by atoms with Gasteiger partial charge in [-0.15, -0.1) is 0 Å². The van der Waals surface area contributed by atoms with Crippen LogP contribution < -0.4 is 33.1 Å². The van der Waals surface area contributed by atoms with Gasteiger partial charge in [-0.2, -0.15) is 0 Å². The van der Waals surface area contributed by atoms with Gasteiger partial charge in [0, 0.05) is 0 Å². The molecule has 168 valence electrons. The third kappa shape index (κ3) is 9.91. The number of phosphoric ester groups is 3. The maximum absolute atomic E-state index is 10.8. The van der Waals surface area contributed by atoms with Gasteiger partial charge in [0.1, 0.15) is 36.6 Å². The Morgan fingerprint density at radius 1 is 0.556 bits per heavy atom. The second-order valence-corrected chi connectivity index (χ2v) is 8.03. The van der Waals surface area contributed by atoms with Crippen LogP contribution in [0.25, 0.3) is 0 Å². The molecule has 0 saturated heterocycles. The molecule has 1 fully saturated rings. The number of aliphatic hydroxyl groups excluding tert-OH is 3. The molecule has 1 rings (SSSR count). The average Bonchev–Trinajstić information content (AvgIpc) is 2.32. The molecule has 27 heavy (non-hydrogen) atoms. The Morgan fingerprint density at radius 3 is 1.07 bits per heavy atom. The van der Waals surface area contributed by atoms with E-state index in [0.29, 0.717) is 0 Å². The zero-order chi connectivity index (χ0) is 19.1. The highest BCUT2D eigenvalue weighted by Crippen LogP contribution is 2.45. The van der Waals surface area contributed by atoms with Gasteiger partial charge in [-0.25, -0.2) is 0 Å². The molecule has 1 aliphatic rings. The zero-order valence-corrected chi connectivity index (χ0v) is 16.8. The molecule has 21 heteroatoms. The van der Waals surface area contributed by atoms with Crippen molar-refractivity contribution in [1.82, 2.24) is 18.5 Å². The summed E-state index contributed by atoms with van der Waals surface area (Å²) in [5.74, 6) is 0. The van der Waals surface area contributed by atoms with E-state index in [2.05, 4.69) is 13.6 Å². The highest BCUT2D eigenvalue weighted by Gasteiger charge is 2.54. The Kier molecular flexibility index (Phi) is 12.6. The largest absolute Gasteiger partial charge is 0.756 e. The van der Waals surface area contributed by atoms with E-state index in [0.717, 1.165) is 0 Å². The van der Waals surface area contributed by atoms with Gasteiger partial charge in [0.2, 0.25) is 0 Å². The van der Waals surface area contributed by atoms with E-state index in [1.54, 1.807) is 0 Å². The van der Waals surface area contributed by atoms with Gasteiger partial charge in [-0.1, -0.05) is 0 Å². The van der Waals surface area contributed by atoms with Crippen molar-refractivity contribution in [3.63, 3.8) is 0 Å². The van der Waals surface area contributed by atoms with E-state index in [9.17, 15) is 43.7 Å². The Labute approximate surface area is 151 Å². The number of quaternary nitrogens is 3. The smallest absolute Gasteiger partial charge is 0.265 e. The minimum atomic E-state index is -5.72. The molecule has 0 bridgehead atoms. The van der Waals surface area contributed by atoms with Crippen LogP contribution in [0.1, 0.15) is 0 Å². The summed E-state index contributed by atoms with van der Waals surface area (Å²) in [5, 5.41) is 29.1. The lowest BCUT2D eigenvalue weighted by Gasteiger charge is -2.47. The minimum Gasteiger partial charge on any atom is -0.756 e. The lowest BCUT2D eigenvalue weighted by atomic mass is 9.85. The molecule has 18 nitrogen and oxygen atoms in total. The van der Waals surface area contributed by atoms with E-state index >= 15 is 0 Å². The molecule has 0 aromatic rings. The van der Waals surface area contributed by atoms with Crippen molar-refractivity contribution in [2.24, 2.45) is 0 Å². The van der Waals surface area contributed by atoms with Crippen LogP contribution in [-0.2, 0) is 27.3 Å². The van der Waals surface area contributed by atoms with Crippen molar-refractivity contribution in [3.05, 3.63) is 0 Å². The standard InChI is InChI=1S/C6H15O15P3.3H3N/c7-1-2(8)5(20-23(13,14)15)6(21-24(16,17)18)3(9)4(1)19-22(10,11)12;;;/h1-9H,(H2,10,11,12)(H2,13,14,15)(H2,16,17,18);3*1H3/t1?,2?,3?,4-,5?,6-;;;/m0.../s1.